The first kappa shape index (κ1) is 9.74. The molecule has 1 fully saturated rings. The number of benzene rings is 1. The number of hydrogen-bond acceptors (Lipinski definition) is 3. The zero-order valence-electron chi connectivity index (χ0n) is 7.81. The summed E-state index contributed by atoms with van der Waals surface area (Å²) < 4.78 is 5.41. The minimum absolute atomic E-state index is 0.0929. The van der Waals surface area contributed by atoms with Crippen LogP contribution in [0.1, 0.15) is 16.8 Å². The lowest BCUT2D eigenvalue weighted by Gasteiger charge is -2.20. The van der Waals surface area contributed by atoms with E-state index in [2.05, 4.69) is 0 Å². The van der Waals surface area contributed by atoms with Crippen molar-refractivity contribution >= 4 is 17.5 Å². The third kappa shape index (κ3) is 2.16. The number of hydrogen-bond donors (Lipinski definition) is 0. The zero-order valence-corrected chi connectivity index (χ0v) is 8.63. The number of ether oxygens (including phenoxy) is 1. The largest absolute Gasteiger partial charge is 0.359 e. The van der Waals surface area contributed by atoms with Crippen LogP contribution in [0.25, 0.3) is 0 Å². The molecule has 14 heavy (non-hydrogen) atoms. The molecule has 0 N–H and O–H groups in total. The fourth-order valence-electron chi connectivity index (χ4n) is 1.38. The molecule has 1 aliphatic heterocycles. The van der Waals surface area contributed by atoms with Crippen LogP contribution in [0.2, 0.25) is 0 Å². The van der Waals surface area contributed by atoms with Crippen LogP contribution in [-0.2, 0) is 4.74 Å². The summed E-state index contributed by atoms with van der Waals surface area (Å²) in [5, 5.41) is 0. The fourth-order valence-corrected chi connectivity index (χ4v) is 2.36. The third-order valence-electron chi connectivity index (χ3n) is 2.10. The lowest BCUT2D eigenvalue weighted by molar-refractivity contribution is 0.0657. The van der Waals surface area contributed by atoms with Crippen LogP contribution in [0.15, 0.2) is 30.3 Å². The van der Waals surface area contributed by atoms with Gasteiger partial charge in [-0.1, -0.05) is 30.3 Å². The molecule has 0 amide bonds. The first-order valence-corrected chi connectivity index (χ1v) is 5.75. The maximum Gasteiger partial charge on any atom is 0.201 e. The van der Waals surface area contributed by atoms with Crippen LogP contribution in [-0.4, -0.2) is 23.6 Å². The van der Waals surface area contributed by atoms with E-state index in [-0.39, 0.29) is 11.2 Å². The molecule has 2 nitrogen and oxygen atoms in total. The van der Waals surface area contributed by atoms with Crippen LogP contribution >= 0.6 is 11.8 Å². The highest BCUT2D eigenvalue weighted by Gasteiger charge is 2.23. The number of carbonyl (C=O) groups excluding carboxylic acids is 1. The van der Waals surface area contributed by atoms with Crippen LogP contribution < -0.4 is 0 Å². The molecular formula is C11H12O2S. The average molecular weight is 208 g/mol. The average Bonchev–Trinajstić information content (AvgIpc) is 2.30. The van der Waals surface area contributed by atoms with E-state index in [1.165, 1.54) is 0 Å². The molecule has 1 heterocycles. The Morgan fingerprint density at radius 3 is 2.79 bits per heavy atom. The molecule has 1 saturated heterocycles. The Morgan fingerprint density at radius 1 is 1.36 bits per heavy atom. The molecule has 1 aliphatic rings. The number of ketones is 1. The normalized spacial score (nSPS) is 21.9. The van der Waals surface area contributed by atoms with E-state index in [4.69, 9.17) is 4.74 Å². The van der Waals surface area contributed by atoms with Gasteiger partial charge in [0.2, 0.25) is 5.78 Å². The summed E-state index contributed by atoms with van der Waals surface area (Å²) >= 11 is 1.59. The monoisotopic (exact) mass is 208 g/mol. The van der Waals surface area contributed by atoms with Gasteiger partial charge in [0.05, 0.1) is 0 Å². The van der Waals surface area contributed by atoms with Gasteiger partial charge in [-0.15, -0.1) is 11.8 Å². The number of Topliss-reactive ketones (excluding diaryl/α,β-unsaturated/α-hetero) is 1. The second kappa shape index (κ2) is 4.62. The second-order valence-corrected chi connectivity index (χ2v) is 4.33. The quantitative estimate of drug-likeness (QED) is 0.698. The summed E-state index contributed by atoms with van der Waals surface area (Å²) in [6, 6.07) is 9.33. The molecule has 0 spiro atoms. The van der Waals surface area contributed by atoms with Crippen molar-refractivity contribution in [2.45, 2.75) is 11.9 Å². The molecule has 0 aliphatic carbocycles. The van der Waals surface area contributed by atoms with E-state index >= 15 is 0 Å². The molecule has 1 aromatic rings. The number of thioether (sulfide) groups is 1. The molecule has 1 unspecified atom stereocenters. The number of carbonyl (C=O) groups is 1. The predicted octanol–water partition coefficient (Wildman–Crippen LogP) is 2.35. The Morgan fingerprint density at radius 2 is 2.14 bits per heavy atom. The summed E-state index contributed by atoms with van der Waals surface area (Å²) in [5.41, 5.74) is 0.457. The molecule has 0 aromatic heterocycles. The van der Waals surface area contributed by atoms with Crippen molar-refractivity contribution in [1.82, 2.24) is 0 Å². The van der Waals surface area contributed by atoms with E-state index in [0.29, 0.717) is 6.61 Å². The molecule has 74 valence electrons. The van der Waals surface area contributed by atoms with Crippen molar-refractivity contribution in [1.29, 1.82) is 0 Å². The van der Waals surface area contributed by atoms with Gasteiger partial charge in [0.25, 0.3) is 0 Å². The molecule has 0 bridgehead atoms. The van der Waals surface area contributed by atoms with Crippen molar-refractivity contribution in [3.63, 3.8) is 0 Å². The summed E-state index contributed by atoms with van der Waals surface area (Å²) in [6.07, 6.45) is 1.04. The van der Waals surface area contributed by atoms with Crippen LogP contribution in [0.4, 0.5) is 0 Å². The maximum absolute atomic E-state index is 11.9. The van der Waals surface area contributed by atoms with E-state index in [1.807, 2.05) is 30.3 Å². The lowest BCUT2D eigenvalue weighted by Crippen LogP contribution is -2.25. The Hall–Kier alpha value is -0.800. The van der Waals surface area contributed by atoms with Crippen molar-refractivity contribution in [3.8, 4) is 0 Å². The van der Waals surface area contributed by atoms with Crippen molar-refractivity contribution in [3.05, 3.63) is 35.9 Å². The van der Waals surface area contributed by atoms with E-state index in [9.17, 15) is 4.79 Å². The van der Waals surface area contributed by atoms with E-state index < -0.39 is 0 Å². The highest BCUT2D eigenvalue weighted by molar-refractivity contribution is 8.00. The van der Waals surface area contributed by atoms with Gasteiger partial charge >= 0.3 is 0 Å². The topological polar surface area (TPSA) is 26.3 Å². The van der Waals surface area contributed by atoms with Gasteiger partial charge in [0, 0.05) is 12.2 Å². The Bertz CT molecular complexity index is 304. The van der Waals surface area contributed by atoms with Crippen molar-refractivity contribution in [2.24, 2.45) is 0 Å². The van der Waals surface area contributed by atoms with Crippen LogP contribution in [0, 0.1) is 0 Å². The predicted molar refractivity (Wildman–Crippen MR) is 57.6 cm³/mol. The minimum atomic E-state index is -0.286. The van der Waals surface area contributed by atoms with Gasteiger partial charge < -0.3 is 4.74 Å². The van der Waals surface area contributed by atoms with Gasteiger partial charge in [-0.05, 0) is 12.2 Å². The Balaban J connectivity index is 2.07. The maximum atomic E-state index is 11.9. The van der Waals surface area contributed by atoms with E-state index in [0.717, 1.165) is 17.7 Å². The summed E-state index contributed by atoms with van der Waals surface area (Å²) in [4.78, 5) is 11.9. The van der Waals surface area contributed by atoms with Gasteiger partial charge in [-0.25, -0.2) is 0 Å². The summed E-state index contributed by atoms with van der Waals surface area (Å²) in [7, 11) is 0. The molecule has 0 saturated carbocycles. The van der Waals surface area contributed by atoms with Crippen molar-refractivity contribution < 1.29 is 9.53 Å². The molecular weight excluding hydrogens is 196 g/mol. The molecule has 1 aromatic carbocycles. The number of rotatable bonds is 2. The molecule has 3 heteroatoms. The molecule has 2 rings (SSSR count). The highest BCUT2D eigenvalue weighted by Crippen LogP contribution is 2.22. The van der Waals surface area contributed by atoms with Gasteiger partial charge in [0.1, 0.15) is 0 Å². The Kier molecular flexibility index (Phi) is 3.22. The standard InChI is InChI=1S/C11H12O2S/c12-10(9-5-2-1-3-6-9)11-13-7-4-8-14-11/h1-3,5-6,11H,4,7-8H2. The zero-order chi connectivity index (χ0) is 9.80. The highest BCUT2D eigenvalue weighted by atomic mass is 32.2. The first-order chi connectivity index (χ1) is 6.88. The smallest absolute Gasteiger partial charge is 0.201 e. The minimum Gasteiger partial charge on any atom is -0.359 e. The van der Waals surface area contributed by atoms with E-state index in [1.54, 1.807) is 11.8 Å². The van der Waals surface area contributed by atoms with Gasteiger partial charge in [-0.3, -0.25) is 4.79 Å². The molecule has 0 radical (unpaired) electrons. The van der Waals surface area contributed by atoms with Gasteiger partial charge in [-0.2, -0.15) is 0 Å². The second-order valence-electron chi connectivity index (χ2n) is 3.16. The molecule has 1 atom stereocenters. The lowest BCUT2D eigenvalue weighted by atomic mass is 10.1. The summed E-state index contributed by atoms with van der Waals surface area (Å²) in [6.45, 7) is 0.705. The van der Waals surface area contributed by atoms with Crippen LogP contribution in [0.5, 0.6) is 0 Å². The summed E-state index contributed by atoms with van der Waals surface area (Å²) in [5.74, 6) is 1.11. The van der Waals surface area contributed by atoms with Crippen LogP contribution in [0.3, 0.4) is 0 Å². The SMILES string of the molecule is O=C(c1ccccc1)C1OCCCS1. The first-order valence-electron chi connectivity index (χ1n) is 4.70. The van der Waals surface area contributed by atoms with Crippen molar-refractivity contribution in [2.75, 3.05) is 12.4 Å². The fraction of sp³-hybridized carbons (Fsp3) is 0.364. The third-order valence-corrected chi connectivity index (χ3v) is 3.28. The van der Waals surface area contributed by atoms with Gasteiger partial charge in [0.15, 0.2) is 5.44 Å². The Labute approximate surface area is 87.6 Å².